The van der Waals surface area contributed by atoms with E-state index in [1.54, 1.807) is 24.3 Å². The summed E-state index contributed by atoms with van der Waals surface area (Å²) in [5.41, 5.74) is 6.55. The van der Waals surface area contributed by atoms with Crippen molar-refractivity contribution in [2.45, 2.75) is 57.2 Å². The van der Waals surface area contributed by atoms with Crippen molar-refractivity contribution in [1.82, 2.24) is 21.3 Å². The fourth-order valence-corrected chi connectivity index (χ4v) is 3.24. The van der Waals surface area contributed by atoms with E-state index in [1.165, 1.54) is 6.92 Å². The quantitative estimate of drug-likeness (QED) is 0.120. The molecule has 3 atom stereocenters. The summed E-state index contributed by atoms with van der Waals surface area (Å²) in [5.74, 6) is -2.59. The van der Waals surface area contributed by atoms with Crippen molar-refractivity contribution in [3.05, 3.63) is 35.9 Å². The number of carbonyl (C=O) groups is 5. The molecule has 0 saturated heterocycles. The molecular formula is C23H35N5O6S. The van der Waals surface area contributed by atoms with Gasteiger partial charge < -0.3 is 32.1 Å². The summed E-state index contributed by atoms with van der Waals surface area (Å²) in [7, 11) is 0. The van der Waals surface area contributed by atoms with Crippen LogP contribution >= 0.6 is 12.6 Å². The van der Waals surface area contributed by atoms with Gasteiger partial charge in [0.25, 0.3) is 0 Å². The predicted molar refractivity (Wildman–Crippen MR) is 133 cm³/mol. The van der Waals surface area contributed by atoms with Crippen LogP contribution in [0.2, 0.25) is 0 Å². The smallest absolute Gasteiger partial charge is 0.327 e. The van der Waals surface area contributed by atoms with Gasteiger partial charge in [-0.05, 0) is 25.3 Å². The Bertz CT molecular complexity index is 854. The molecule has 0 aliphatic rings. The molecule has 4 amide bonds. The first-order valence-electron chi connectivity index (χ1n) is 11.4. The topological polar surface area (TPSA) is 180 Å². The van der Waals surface area contributed by atoms with Crippen molar-refractivity contribution in [3.8, 4) is 0 Å². The third-order valence-electron chi connectivity index (χ3n) is 5.06. The molecule has 0 radical (unpaired) electrons. The van der Waals surface area contributed by atoms with Gasteiger partial charge in [0.2, 0.25) is 23.6 Å². The monoisotopic (exact) mass is 509 g/mol. The Kier molecular flexibility index (Phi) is 14.1. The number of amides is 4. The number of carboxylic acid groups (broad SMARTS) is 1. The minimum atomic E-state index is -1.13. The summed E-state index contributed by atoms with van der Waals surface area (Å²) in [4.78, 5) is 58.8. The number of hydrogen-bond acceptors (Lipinski definition) is 7. The van der Waals surface area contributed by atoms with Crippen LogP contribution in [-0.2, 0) is 24.0 Å². The van der Waals surface area contributed by atoms with Crippen molar-refractivity contribution in [2.24, 2.45) is 5.73 Å². The van der Waals surface area contributed by atoms with Gasteiger partial charge in [-0.25, -0.2) is 4.79 Å². The molecule has 11 nitrogen and oxygen atoms in total. The number of carboxylic acids is 1. The molecule has 194 valence electrons. The Hall–Kier alpha value is -3.12. The van der Waals surface area contributed by atoms with Gasteiger partial charge in [0.15, 0.2) is 0 Å². The first kappa shape index (κ1) is 29.9. The number of aliphatic carboxylic acids is 1. The maximum atomic E-state index is 12.2. The van der Waals surface area contributed by atoms with Crippen LogP contribution in [0.15, 0.2) is 30.3 Å². The zero-order chi connectivity index (χ0) is 26.2. The normalized spacial score (nSPS) is 13.1. The molecule has 1 aromatic carbocycles. The van der Waals surface area contributed by atoms with E-state index in [4.69, 9.17) is 10.8 Å². The van der Waals surface area contributed by atoms with Gasteiger partial charge in [-0.1, -0.05) is 36.8 Å². The summed E-state index contributed by atoms with van der Waals surface area (Å²) in [5, 5.41) is 19.2. The number of nitrogens with one attached hydrogen (secondary N) is 4. The molecule has 0 aliphatic heterocycles. The first-order chi connectivity index (χ1) is 16.6. The van der Waals surface area contributed by atoms with E-state index < -0.39 is 35.9 Å². The lowest BCUT2D eigenvalue weighted by atomic mass is 10.1. The van der Waals surface area contributed by atoms with E-state index >= 15 is 0 Å². The van der Waals surface area contributed by atoms with Crippen molar-refractivity contribution < 1.29 is 29.1 Å². The van der Waals surface area contributed by atoms with Gasteiger partial charge in [0.1, 0.15) is 18.1 Å². The van der Waals surface area contributed by atoms with Crippen LogP contribution < -0.4 is 27.0 Å². The van der Waals surface area contributed by atoms with E-state index in [0.717, 1.165) is 0 Å². The fraction of sp³-hybridized carbons (Fsp3) is 0.522. The van der Waals surface area contributed by atoms with Crippen LogP contribution in [0.1, 0.15) is 50.6 Å². The molecule has 0 saturated carbocycles. The second-order valence-electron chi connectivity index (χ2n) is 7.96. The maximum Gasteiger partial charge on any atom is 0.327 e. The molecular weight excluding hydrogens is 474 g/mol. The second-order valence-corrected chi connectivity index (χ2v) is 8.33. The van der Waals surface area contributed by atoms with Crippen LogP contribution in [0.25, 0.3) is 0 Å². The summed E-state index contributed by atoms with van der Waals surface area (Å²) >= 11 is 3.88. The van der Waals surface area contributed by atoms with E-state index in [9.17, 15) is 24.0 Å². The number of benzene rings is 1. The third-order valence-corrected chi connectivity index (χ3v) is 5.43. The van der Waals surface area contributed by atoms with Gasteiger partial charge in [-0.2, -0.15) is 12.6 Å². The van der Waals surface area contributed by atoms with E-state index in [1.807, 2.05) is 6.07 Å². The molecule has 12 heteroatoms. The highest BCUT2D eigenvalue weighted by atomic mass is 32.1. The molecule has 0 heterocycles. The number of thiol groups is 1. The van der Waals surface area contributed by atoms with E-state index in [2.05, 4.69) is 33.9 Å². The molecule has 0 unspecified atom stereocenters. The molecule has 1 rings (SSSR count). The number of nitrogens with two attached hydrogens (primary N) is 1. The number of carbonyl (C=O) groups excluding carboxylic acids is 4. The Morgan fingerprint density at radius 1 is 0.886 bits per heavy atom. The largest absolute Gasteiger partial charge is 0.480 e. The molecule has 0 fully saturated rings. The van der Waals surface area contributed by atoms with Gasteiger partial charge >= 0.3 is 5.97 Å². The highest BCUT2D eigenvalue weighted by Crippen LogP contribution is 2.09. The lowest BCUT2D eigenvalue weighted by Gasteiger charge is -2.17. The van der Waals surface area contributed by atoms with Crippen molar-refractivity contribution in [3.63, 3.8) is 0 Å². The Morgan fingerprint density at radius 2 is 1.57 bits per heavy atom. The Morgan fingerprint density at radius 3 is 2.20 bits per heavy atom. The van der Waals surface area contributed by atoms with Crippen LogP contribution in [-0.4, -0.2) is 65.6 Å². The van der Waals surface area contributed by atoms with Crippen molar-refractivity contribution in [2.75, 3.05) is 18.8 Å². The predicted octanol–water partition coefficient (Wildman–Crippen LogP) is -0.127. The molecule has 0 bridgehead atoms. The van der Waals surface area contributed by atoms with Crippen LogP contribution in [0.3, 0.4) is 0 Å². The highest BCUT2D eigenvalue weighted by molar-refractivity contribution is 7.80. The Balaban J connectivity index is 2.14. The summed E-state index contributed by atoms with van der Waals surface area (Å²) in [6.07, 6.45) is 2.19. The lowest BCUT2D eigenvalue weighted by Crippen LogP contribution is -2.48. The van der Waals surface area contributed by atoms with Crippen molar-refractivity contribution in [1.29, 1.82) is 0 Å². The fourth-order valence-electron chi connectivity index (χ4n) is 2.99. The third kappa shape index (κ3) is 12.2. The lowest BCUT2D eigenvalue weighted by molar-refractivity contribution is -0.141. The molecule has 1 aromatic rings. The van der Waals surface area contributed by atoms with Crippen molar-refractivity contribution >= 4 is 42.2 Å². The average Bonchev–Trinajstić information content (AvgIpc) is 2.84. The maximum absolute atomic E-state index is 12.2. The minimum absolute atomic E-state index is 0.0174. The molecule has 0 aromatic heterocycles. The van der Waals surface area contributed by atoms with Gasteiger partial charge in [-0.3, -0.25) is 19.2 Å². The molecule has 0 aliphatic carbocycles. The van der Waals surface area contributed by atoms with E-state index in [0.29, 0.717) is 31.4 Å². The second kappa shape index (κ2) is 16.5. The van der Waals surface area contributed by atoms with Crippen LogP contribution in [0, 0.1) is 0 Å². The molecule has 7 N–H and O–H groups in total. The number of rotatable bonds is 16. The molecule has 35 heavy (non-hydrogen) atoms. The average molecular weight is 510 g/mol. The molecule has 0 spiro atoms. The summed E-state index contributed by atoms with van der Waals surface area (Å²) < 4.78 is 0. The highest BCUT2D eigenvalue weighted by Gasteiger charge is 2.21. The number of hydrogen-bond donors (Lipinski definition) is 7. The number of unbranched alkanes of at least 4 members (excludes halogenated alkanes) is 2. The van der Waals surface area contributed by atoms with Crippen LogP contribution in [0.5, 0.6) is 0 Å². The summed E-state index contributed by atoms with van der Waals surface area (Å²) in [6, 6.07) is 6.11. The SMILES string of the molecule is C[C@H](NC(=O)[C@@H](N)c1ccccc1)C(=O)NCCC(=O)NCCCCCC(=O)N[C@@H](CS)C(=O)O. The first-order valence-corrected chi connectivity index (χ1v) is 12.1. The van der Waals surface area contributed by atoms with E-state index in [-0.39, 0.29) is 37.0 Å². The Labute approximate surface area is 210 Å². The zero-order valence-corrected chi connectivity index (χ0v) is 20.7. The van der Waals surface area contributed by atoms with Gasteiger partial charge in [0.05, 0.1) is 0 Å². The summed E-state index contributed by atoms with van der Waals surface area (Å²) in [6.45, 7) is 2.07. The van der Waals surface area contributed by atoms with Gasteiger partial charge in [0, 0.05) is 31.7 Å². The van der Waals surface area contributed by atoms with Gasteiger partial charge in [-0.15, -0.1) is 0 Å². The standard InChI is InChI=1S/C23H35N5O6S/c1-15(27-22(32)20(24)16-8-4-2-5-9-16)21(31)26-13-11-18(29)25-12-7-3-6-10-19(30)28-17(14-35)23(33)34/h2,4-5,8-9,15,17,20,35H,3,6-7,10-14,24H2,1H3,(H,25,29)(H,26,31)(H,27,32)(H,28,30)(H,33,34)/t15-,17-,20-/m0/s1. The van der Waals surface area contributed by atoms with Crippen LogP contribution in [0.4, 0.5) is 0 Å². The minimum Gasteiger partial charge on any atom is -0.480 e. The zero-order valence-electron chi connectivity index (χ0n) is 19.8.